The van der Waals surface area contributed by atoms with Crippen LogP contribution in [0.1, 0.15) is 25.0 Å². The molecule has 0 fully saturated rings. The largest absolute Gasteiger partial charge is 0 e. The molecule has 2 atom stereocenters. The Morgan fingerprint density at radius 3 is 1.32 bits per heavy atom. The molecule has 0 bridgehead atoms. The second kappa shape index (κ2) is 17.1. The first-order valence-electron chi connectivity index (χ1n) is 6.68. The van der Waals surface area contributed by atoms with Gasteiger partial charge in [-0.15, -0.1) is 0 Å². The van der Waals surface area contributed by atoms with E-state index in [9.17, 15) is 10.2 Å². The van der Waals surface area contributed by atoms with Crippen LogP contribution in [-0.4, -0.2) is 22.4 Å². The van der Waals surface area contributed by atoms with Crippen LogP contribution < -0.4 is 9.47 Å². The van der Waals surface area contributed by atoms with Crippen molar-refractivity contribution in [1.82, 2.24) is 0 Å². The van der Waals surface area contributed by atoms with Crippen LogP contribution in [0, 0.1) is 20.0 Å². The molecule has 2 rings (SSSR count). The van der Waals surface area contributed by atoms with Gasteiger partial charge in [0, 0.05) is 41.3 Å². The molecular weight excluding hydrogens is 368 g/mol. The molecule has 0 aromatic heterocycles. The molecule has 0 radical (unpaired) electrons. The van der Waals surface area contributed by atoms with Crippen LogP contribution in [0.15, 0.2) is 24.7 Å². The van der Waals surface area contributed by atoms with Crippen molar-refractivity contribution in [1.29, 1.82) is 0 Å². The molecule has 1 aliphatic rings. The van der Waals surface area contributed by atoms with Gasteiger partial charge in [0.15, 0.2) is 11.5 Å². The predicted octanol–water partition coefficient (Wildman–Crippen LogP) is 1.66. The molecule has 2 unspecified atom stereocenters. The first-order valence-corrected chi connectivity index (χ1v) is 6.68. The van der Waals surface area contributed by atoms with Crippen molar-refractivity contribution < 1.29 is 51.0 Å². The van der Waals surface area contributed by atoms with Gasteiger partial charge in [-0.05, 0) is 13.8 Å². The third-order valence-corrected chi connectivity index (χ3v) is 2.73. The Kier molecular flexibility index (Phi) is 19.2. The number of rotatable bonds is 4. The van der Waals surface area contributed by atoms with E-state index < -0.39 is 12.2 Å². The fourth-order valence-corrected chi connectivity index (χ4v) is 2.05. The van der Waals surface area contributed by atoms with Gasteiger partial charge in [0.2, 0.25) is 0 Å². The zero-order valence-corrected chi connectivity index (χ0v) is 15.0. The first kappa shape index (κ1) is 28.1. The van der Waals surface area contributed by atoms with Crippen molar-refractivity contribution in [3.63, 3.8) is 0 Å². The van der Waals surface area contributed by atoms with Crippen LogP contribution in [-0.2, 0) is 44.2 Å². The van der Waals surface area contributed by atoms with E-state index in [0.717, 1.165) is 11.1 Å². The minimum Gasteiger partial charge on any atom is 0 e. The van der Waals surface area contributed by atoms with Gasteiger partial charge in [0.05, 0.1) is 12.2 Å². The van der Waals surface area contributed by atoms with Crippen LogP contribution in [0.4, 0.5) is 0 Å². The second-order valence-electron chi connectivity index (χ2n) is 4.66. The summed E-state index contributed by atoms with van der Waals surface area (Å²) in [6, 6.07) is 3.82. The number of aliphatic hydroxyl groups excluding tert-OH is 2. The molecule has 8 heteroatoms. The van der Waals surface area contributed by atoms with Crippen molar-refractivity contribution in [3.05, 3.63) is 55.7 Å². The summed E-state index contributed by atoms with van der Waals surface area (Å²) in [4.78, 5) is 0. The van der Waals surface area contributed by atoms with Gasteiger partial charge in [-0.1, -0.05) is 12.1 Å². The van der Waals surface area contributed by atoms with Crippen molar-refractivity contribution in [2.24, 2.45) is 0 Å². The van der Waals surface area contributed by atoms with Crippen LogP contribution in [0.3, 0.4) is 0 Å². The number of benzene rings is 1. The van der Waals surface area contributed by atoms with Gasteiger partial charge in [0.1, 0.15) is 12.5 Å². The van der Waals surface area contributed by atoms with Crippen LogP contribution in [0.25, 0.3) is 0 Å². The van der Waals surface area contributed by atoms with E-state index in [1.807, 2.05) is 12.1 Å². The zero-order chi connectivity index (χ0) is 19.1. The van der Waals surface area contributed by atoms with Gasteiger partial charge < -0.3 is 19.7 Å². The summed E-state index contributed by atoms with van der Waals surface area (Å²) in [7, 11) is 0. The maximum atomic E-state index is 9.47. The zero-order valence-electron chi connectivity index (χ0n) is 13.7. The van der Waals surface area contributed by atoms with Gasteiger partial charge in [-0.2, -0.15) is 0 Å². The Bertz CT molecular complexity index is 519. The molecule has 2 N–H and O–H groups in total. The summed E-state index contributed by atoms with van der Waals surface area (Å²) in [5.74, 6) is 1.27. The fourth-order valence-electron chi connectivity index (χ4n) is 2.05. The molecule has 7 nitrogen and oxygen atoms in total. The maximum absolute atomic E-state index is 9.47. The van der Waals surface area contributed by atoms with E-state index in [1.165, 1.54) is 12.5 Å². The van der Waals surface area contributed by atoms with E-state index in [4.69, 9.17) is 23.4 Å². The third-order valence-electron chi connectivity index (χ3n) is 2.73. The Morgan fingerprint density at radius 1 is 0.800 bits per heavy atom. The van der Waals surface area contributed by atoms with Gasteiger partial charge >= 0.3 is 33.9 Å². The van der Waals surface area contributed by atoms with Gasteiger partial charge in [-0.3, -0.25) is 0 Å². The quantitative estimate of drug-likeness (QED) is 0.604. The summed E-state index contributed by atoms with van der Waals surface area (Å²) in [5.41, 5.74) is 1.80. The van der Waals surface area contributed by atoms with E-state index in [1.54, 1.807) is 13.8 Å². The van der Waals surface area contributed by atoms with Crippen molar-refractivity contribution >= 4 is 0 Å². The third kappa shape index (κ3) is 9.96. The molecule has 134 valence electrons. The maximum Gasteiger partial charge on any atom is 0 e. The Labute approximate surface area is 157 Å². The van der Waals surface area contributed by atoms with Crippen LogP contribution >= 0.6 is 0 Å². The number of hydrogen-bond donors (Lipinski definition) is 2. The second-order valence-corrected chi connectivity index (χ2v) is 4.66. The van der Waals surface area contributed by atoms with Gasteiger partial charge in [0.25, 0.3) is 0 Å². The normalized spacial score (nSPS) is 12.1. The molecule has 0 saturated carbocycles. The molecule has 1 heterocycles. The van der Waals surface area contributed by atoms with Crippen molar-refractivity contribution in [3.8, 4) is 11.5 Å². The summed E-state index contributed by atoms with van der Waals surface area (Å²) in [5, 5.41) is 18.9. The van der Waals surface area contributed by atoms with E-state index in [2.05, 4.69) is 20.0 Å². The molecule has 1 aliphatic heterocycles. The van der Waals surface area contributed by atoms with E-state index in [0.29, 0.717) is 24.3 Å². The number of hydrogen-bond acceptors (Lipinski definition) is 4. The fraction of sp³-hybridized carbons (Fsp3) is 0.353. The van der Waals surface area contributed by atoms with Crippen LogP contribution in [0.2, 0.25) is 0 Å². The van der Waals surface area contributed by atoms with E-state index in [-0.39, 0.29) is 17.4 Å². The molecule has 0 spiro atoms. The Balaban J connectivity index is -0.000000626. The molecular formula is C17H18CrO7. The number of ether oxygens (including phenoxy) is 2. The smallest absolute Gasteiger partial charge is 0 e. The Morgan fingerprint density at radius 2 is 1.08 bits per heavy atom. The first-order chi connectivity index (χ1) is 11.6. The predicted molar refractivity (Wildman–Crippen MR) is 79.4 cm³/mol. The van der Waals surface area contributed by atoms with E-state index >= 15 is 0 Å². The standard InChI is InChI=1S/C14H18O4.3CO.Cr/c1-9(15)7-11-3-4-12(8-10(2)16)14-13(11)17-5-6-18-14;3*1-2;/h3-6,9-10,15-16H,7-8H2,1-2H3;;;;. The van der Waals surface area contributed by atoms with Crippen molar-refractivity contribution in [2.75, 3.05) is 0 Å². The minimum atomic E-state index is -0.439. The molecule has 0 aliphatic carbocycles. The summed E-state index contributed by atoms with van der Waals surface area (Å²) < 4.78 is 33.5. The molecule has 1 aromatic carbocycles. The Hall–Kier alpha value is -1.77. The average Bonchev–Trinajstić information content (AvgIpc) is 2.62. The monoisotopic (exact) mass is 386 g/mol. The number of aliphatic hydroxyl groups is 2. The topological polar surface area (TPSA) is 119 Å². The minimum absolute atomic E-state index is 0. The SMILES string of the molecule is CC(O)Cc1ccc(CC(C)O)c2c1OC=CO2.[C-]#[O+].[C-]#[O+].[C-]#[O+].[Cr]. The molecule has 25 heavy (non-hydrogen) atoms. The average molecular weight is 386 g/mol. The molecule has 0 saturated heterocycles. The molecule has 0 amide bonds. The summed E-state index contributed by atoms with van der Waals surface area (Å²) in [6.07, 6.45) is 3.08. The number of fused-ring (bicyclic) bond motifs is 1. The van der Waals surface area contributed by atoms with Crippen molar-refractivity contribution in [2.45, 2.75) is 38.9 Å². The van der Waals surface area contributed by atoms with Gasteiger partial charge in [-0.25, -0.2) is 0 Å². The van der Waals surface area contributed by atoms with Crippen LogP contribution in [0.5, 0.6) is 11.5 Å². The molecule has 1 aromatic rings. The summed E-state index contributed by atoms with van der Waals surface area (Å²) in [6.45, 7) is 17.0. The summed E-state index contributed by atoms with van der Waals surface area (Å²) >= 11 is 0.